The van der Waals surface area contributed by atoms with Crippen LogP contribution in [0.3, 0.4) is 0 Å². The van der Waals surface area contributed by atoms with Crippen molar-refractivity contribution in [3.63, 3.8) is 0 Å². The Balaban J connectivity index is 1.17. The second-order valence-corrected chi connectivity index (χ2v) is 11.9. The zero-order valence-electron chi connectivity index (χ0n) is 23.7. The standard InChI is InChI=1S/C31H39N5O4S/c1-20-6-3-7-21(2)25(20)17-23-19-41-27(34-23)18-33-30(39)28(37)29(38)31(40)36-13-5-10-26(36)22-8-4-9-24(16-22)35-14-11-32-12-15-35/h3-4,6-9,16,19,26,28-29,32,37-38H,5,10-15,17-18H2,1-2H3,(H,33,39). The van der Waals surface area contributed by atoms with E-state index >= 15 is 0 Å². The quantitative estimate of drug-likeness (QED) is 0.309. The van der Waals surface area contributed by atoms with Gasteiger partial charge in [-0.15, -0.1) is 11.3 Å². The summed E-state index contributed by atoms with van der Waals surface area (Å²) in [6, 6.07) is 14.2. The lowest BCUT2D eigenvalue weighted by atomic mass is 9.99. The zero-order valence-corrected chi connectivity index (χ0v) is 24.5. The Hall–Kier alpha value is -3.31. The fraction of sp³-hybridized carbons (Fsp3) is 0.452. The first-order valence-electron chi connectivity index (χ1n) is 14.3. The Kier molecular flexibility index (Phi) is 9.34. The number of anilines is 1. The predicted octanol–water partition coefficient (Wildman–Crippen LogP) is 2.46. The summed E-state index contributed by atoms with van der Waals surface area (Å²) in [6.07, 6.45) is -1.46. The van der Waals surface area contributed by atoms with Gasteiger partial charge in [-0.3, -0.25) is 9.59 Å². The van der Waals surface area contributed by atoms with Gasteiger partial charge in [0.1, 0.15) is 5.01 Å². The van der Waals surface area contributed by atoms with Gasteiger partial charge in [0.05, 0.1) is 18.3 Å². The van der Waals surface area contributed by atoms with Crippen LogP contribution in [0.4, 0.5) is 5.69 Å². The van der Waals surface area contributed by atoms with Gasteiger partial charge in [-0.05, 0) is 61.1 Å². The van der Waals surface area contributed by atoms with Crippen molar-refractivity contribution < 1.29 is 19.8 Å². The van der Waals surface area contributed by atoms with Gasteiger partial charge in [0.2, 0.25) is 0 Å². The Morgan fingerprint density at radius 3 is 2.56 bits per heavy atom. The molecule has 5 rings (SSSR count). The zero-order chi connectivity index (χ0) is 28.9. The highest BCUT2D eigenvalue weighted by Crippen LogP contribution is 2.34. The molecule has 2 amide bonds. The molecule has 2 aromatic carbocycles. The number of benzene rings is 2. The lowest BCUT2D eigenvalue weighted by Crippen LogP contribution is -2.50. The molecule has 3 heterocycles. The minimum Gasteiger partial charge on any atom is -0.380 e. The van der Waals surface area contributed by atoms with E-state index in [2.05, 4.69) is 58.6 Å². The molecule has 3 unspecified atom stereocenters. The minimum atomic E-state index is -1.87. The van der Waals surface area contributed by atoms with Crippen molar-refractivity contribution in [3.05, 3.63) is 80.8 Å². The number of hydrogen-bond acceptors (Lipinski definition) is 8. The van der Waals surface area contributed by atoms with Gasteiger partial charge in [-0.1, -0.05) is 30.3 Å². The first-order chi connectivity index (χ1) is 19.8. The van der Waals surface area contributed by atoms with Crippen LogP contribution in [0.5, 0.6) is 0 Å². The van der Waals surface area contributed by atoms with E-state index in [0.717, 1.165) is 56.0 Å². The molecular formula is C31H39N5O4S. The van der Waals surface area contributed by atoms with E-state index in [-0.39, 0.29) is 12.6 Å². The summed E-state index contributed by atoms with van der Waals surface area (Å²) in [4.78, 5) is 34.5. The molecule has 1 aromatic heterocycles. The van der Waals surface area contributed by atoms with Gasteiger partial charge in [-0.2, -0.15) is 0 Å². The Morgan fingerprint density at radius 1 is 1.07 bits per heavy atom. The summed E-state index contributed by atoms with van der Waals surface area (Å²) in [7, 11) is 0. The summed E-state index contributed by atoms with van der Waals surface area (Å²) in [5, 5.41) is 30.0. The SMILES string of the molecule is Cc1cccc(C)c1Cc1csc(CNC(=O)C(O)C(O)C(=O)N2CCCC2c2cccc(N3CCNCC3)c2)n1. The largest absolute Gasteiger partial charge is 0.380 e. The van der Waals surface area contributed by atoms with Crippen LogP contribution in [0.1, 0.15) is 51.8 Å². The second kappa shape index (κ2) is 13.1. The Bertz CT molecular complexity index is 1350. The van der Waals surface area contributed by atoms with Crippen LogP contribution in [0, 0.1) is 13.8 Å². The van der Waals surface area contributed by atoms with Crippen LogP contribution in [-0.4, -0.2) is 76.8 Å². The highest BCUT2D eigenvalue weighted by molar-refractivity contribution is 7.09. The highest BCUT2D eigenvalue weighted by Gasteiger charge is 2.38. The van der Waals surface area contributed by atoms with Crippen LogP contribution in [-0.2, 0) is 22.6 Å². The summed E-state index contributed by atoms with van der Waals surface area (Å²) < 4.78 is 0. The average molecular weight is 578 g/mol. The maximum absolute atomic E-state index is 13.3. The number of carbonyl (C=O) groups is 2. The molecule has 0 saturated carbocycles. The van der Waals surface area contributed by atoms with Gasteiger partial charge in [0, 0.05) is 50.2 Å². The van der Waals surface area contributed by atoms with Crippen molar-refractivity contribution in [1.82, 2.24) is 20.5 Å². The topological polar surface area (TPSA) is 118 Å². The number of thiazole rings is 1. The number of aliphatic hydroxyl groups is 2. The van der Waals surface area contributed by atoms with Crippen LogP contribution >= 0.6 is 11.3 Å². The summed E-state index contributed by atoms with van der Waals surface area (Å²) >= 11 is 1.43. The maximum atomic E-state index is 13.3. The third-order valence-corrected chi connectivity index (χ3v) is 9.01. The third kappa shape index (κ3) is 6.78. The number of aliphatic hydroxyl groups excluding tert-OH is 2. The lowest BCUT2D eigenvalue weighted by molar-refractivity contribution is -0.153. The van der Waals surface area contributed by atoms with E-state index in [1.807, 2.05) is 23.6 Å². The second-order valence-electron chi connectivity index (χ2n) is 10.9. The molecule has 3 aromatic rings. The smallest absolute Gasteiger partial charge is 0.255 e. The van der Waals surface area contributed by atoms with E-state index < -0.39 is 24.0 Å². The van der Waals surface area contributed by atoms with Gasteiger partial charge in [-0.25, -0.2) is 4.98 Å². The van der Waals surface area contributed by atoms with Gasteiger partial charge < -0.3 is 30.6 Å². The molecule has 41 heavy (non-hydrogen) atoms. The van der Waals surface area contributed by atoms with Crippen molar-refractivity contribution in [2.75, 3.05) is 37.6 Å². The van der Waals surface area contributed by atoms with E-state index in [9.17, 15) is 19.8 Å². The Labute approximate surface area is 245 Å². The lowest BCUT2D eigenvalue weighted by Gasteiger charge is -2.32. The molecule has 0 spiro atoms. The monoisotopic (exact) mass is 577 g/mol. The van der Waals surface area contributed by atoms with Gasteiger partial charge in [0.25, 0.3) is 11.8 Å². The number of piperazine rings is 1. The number of aromatic nitrogens is 1. The van der Waals surface area contributed by atoms with E-state index in [0.29, 0.717) is 18.0 Å². The predicted molar refractivity (Wildman–Crippen MR) is 160 cm³/mol. The molecule has 218 valence electrons. The van der Waals surface area contributed by atoms with E-state index in [4.69, 9.17) is 0 Å². The van der Waals surface area contributed by atoms with E-state index in [1.54, 1.807) is 4.90 Å². The average Bonchev–Trinajstić information content (AvgIpc) is 3.67. The molecule has 0 radical (unpaired) electrons. The number of nitrogens with zero attached hydrogens (tertiary/aromatic N) is 3. The molecule has 4 N–H and O–H groups in total. The number of likely N-dealkylation sites (tertiary alicyclic amines) is 1. The first-order valence-corrected chi connectivity index (χ1v) is 15.2. The molecule has 10 heteroatoms. The first kappa shape index (κ1) is 29.2. The van der Waals surface area contributed by atoms with Crippen LogP contribution in [0.15, 0.2) is 47.8 Å². The number of amides is 2. The van der Waals surface area contributed by atoms with Crippen molar-refractivity contribution in [1.29, 1.82) is 0 Å². The number of rotatable bonds is 9. The normalized spacial score (nSPS) is 18.8. The molecule has 0 aliphatic carbocycles. The molecule has 2 saturated heterocycles. The van der Waals surface area contributed by atoms with Crippen molar-refractivity contribution in [3.8, 4) is 0 Å². The Morgan fingerprint density at radius 2 is 1.80 bits per heavy atom. The minimum absolute atomic E-state index is 0.110. The molecule has 0 bridgehead atoms. The molecule has 3 atom stereocenters. The molecule has 9 nitrogen and oxygen atoms in total. The van der Waals surface area contributed by atoms with Crippen molar-refractivity contribution in [2.45, 2.75) is 57.9 Å². The van der Waals surface area contributed by atoms with E-state index in [1.165, 1.54) is 28.0 Å². The van der Waals surface area contributed by atoms with Crippen LogP contribution in [0.2, 0.25) is 0 Å². The number of aryl methyl sites for hydroxylation is 2. The summed E-state index contributed by atoms with van der Waals surface area (Å²) in [6.45, 7) is 8.45. The number of carbonyl (C=O) groups excluding carboxylic acids is 2. The summed E-state index contributed by atoms with van der Waals surface area (Å²) in [5.41, 5.74) is 6.68. The maximum Gasteiger partial charge on any atom is 0.255 e. The van der Waals surface area contributed by atoms with Crippen LogP contribution < -0.4 is 15.5 Å². The van der Waals surface area contributed by atoms with Crippen molar-refractivity contribution >= 4 is 28.8 Å². The fourth-order valence-electron chi connectivity index (χ4n) is 5.76. The van der Waals surface area contributed by atoms with Crippen molar-refractivity contribution in [2.24, 2.45) is 0 Å². The number of hydrogen-bond donors (Lipinski definition) is 4. The number of nitrogens with one attached hydrogen (secondary N) is 2. The fourth-order valence-corrected chi connectivity index (χ4v) is 6.50. The third-order valence-electron chi connectivity index (χ3n) is 8.11. The highest BCUT2D eigenvalue weighted by atomic mass is 32.1. The van der Waals surface area contributed by atoms with Gasteiger partial charge >= 0.3 is 0 Å². The summed E-state index contributed by atoms with van der Waals surface area (Å²) in [5.74, 6) is -1.43. The molecular weight excluding hydrogens is 538 g/mol. The van der Waals surface area contributed by atoms with Crippen LogP contribution in [0.25, 0.3) is 0 Å². The molecule has 2 aliphatic rings. The molecule has 2 fully saturated rings. The molecule has 2 aliphatic heterocycles. The van der Waals surface area contributed by atoms with Gasteiger partial charge in [0.15, 0.2) is 12.2 Å².